The van der Waals surface area contributed by atoms with Crippen LogP contribution in [0.1, 0.15) is 12.8 Å². The summed E-state index contributed by atoms with van der Waals surface area (Å²) < 4.78 is 11.8. The van der Waals surface area contributed by atoms with Crippen LogP contribution in [0, 0.1) is 0 Å². The van der Waals surface area contributed by atoms with Crippen molar-refractivity contribution >= 4 is 11.9 Å². The molecule has 1 aromatic heterocycles. The highest BCUT2D eigenvalue weighted by molar-refractivity contribution is 5.69. The van der Waals surface area contributed by atoms with Gasteiger partial charge in [0.25, 0.3) is 0 Å². The standard InChI is InChI=1S/C9H14N4O3/c10-9-11-6-13(12-9)5-8(14)16-7-1-3-15-4-2-7/h6-7H,1-5H2,(H2,10,12). The molecule has 0 aromatic carbocycles. The van der Waals surface area contributed by atoms with Crippen LogP contribution < -0.4 is 5.73 Å². The lowest BCUT2D eigenvalue weighted by atomic mass is 10.1. The molecule has 1 aromatic rings. The SMILES string of the molecule is Nc1ncn(CC(=O)OC2CCOCC2)n1. The van der Waals surface area contributed by atoms with Crippen LogP contribution in [0.15, 0.2) is 6.33 Å². The average Bonchev–Trinajstić information content (AvgIpc) is 2.65. The van der Waals surface area contributed by atoms with E-state index in [0.717, 1.165) is 12.8 Å². The molecule has 7 nitrogen and oxygen atoms in total. The fourth-order valence-corrected chi connectivity index (χ4v) is 1.53. The lowest BCUT2D eigenvalue weighted by molar-refractivity contribution is -0.154. The molecule has 1 aliphatic heterocycles. The van der Waals surface area contributed by atoms with E-state index in [1.165, 1.54) is 11.0 Å². The van der Waals surface area contributed by atoms with Gasteiger partial charge in [0, 0.05) is 12.8 Å². The van der Waals surface area contributed by atoms with E-state index in [-0.39, 0.29) is 24.6 Å². The van der Waals surface area contributed by atoms with Crippen LogP contribution >= 0.6 is 0 Å². The lowest BCUT2D eigenvalue weighted by Crippen LogP contribution is -2.27. The van der Waals surface area contributed by atoms with Crippen molar-refractivity contribution in [1.29, 1.82) is 0 Å². The van der Waals surface area contributed by atoms with E-state index < -0.39 is 0 Å². The number of nitrogens with zero attached hydrogens (tertiary/aromatic N) is 3. The van der Waals surface area contributed by atoms with Gasteiger partial charge in [0.1, 0.15) is 19.0 Å². The lowest BCUT2D eigenvalue weighted by Gasteiger charge is -2.22. The van der Waals surface area contributed by atoms with E-state index in [9.17, 15) is 4.79 Å². The van der Waals surface area contributed by atoms with E-state index >= 15 is 0 Å². The van der Waals surface area contributed by atoms with Crippen LogP contribution in [0.5, 0.6) is 0 Å². The minimum absolute atomic E-state index is 0.0397. The first-order valence-electron chi connectivity index (χ1n) is 5.16. The van der Waals surface area contributed by atoms with Crippen molar-refractivity contribution < 1.29 is 14.3 Å². The van der Waals surface area contributed by atoms with Gasteiger partial charge in [-0.2, -0.15) is 0 Å². The van der Waals surface area contributed by atoms with Crippen LogP contribution in [-0.2, 0) is 20.8 Å². The summed E-state index contributed by atoms with van der Waals surface area (Å²) in [6.45, 7) is 1.34. The van der Waals surface area contributed by atoms with Crippen molar-refractivity contribution in [2.45, 2.75) is 25.5 Å². The molecule has 0 saturated carbocycles. The van der Waals surface area contributed by atoms with E-state index in [2.05, 4.69) is 10.1 Å². The van der Waals surface area contributed by atoms with Gasteiger partial charge in [0.05, 0.1) is 13.2 Å². The monoisotopic (exact) mass is 226 g/mol. The number of ether oxygens (including phenoxy) is 2. The van der Waals surface area contributed by atoms with Gasteiger partial charge in [-0.3, -0.25) is 4.79 Å². The molecular formula is C9H14N4O3. The van der Waals surface area contributed by atoms with Gasteiger partial charge < -0.3 is 15.2 Å². The molecule has 2 N–H and O–H groups in total. The highest BCUT2D eigenvalue weighted by Crippen LogP contribution is 2.10. The third-order valence-corrected chi connectivity index (χ3v) is 2.31. The number of anilines is 1. The summed E-state index contributed by atoms with van der Waals surface area (Å²) in [6, 6.07) is 0. The number of carbonyl (C=O) groups is 1. The van der Waals surface area contributed by atoms with Crippen molar-refractivity contribution in [1.82, 2.24) is 14.8 Å². The summed E-state index contributed by atoms with van der Waals surface area (Å²) >= 11 is 0. The summed E-state index contributed by atoms with van der Waals surface area (Å²) in [6.07, 6.45) is 2.87. The fraction of sp³-hybridized carbons (Fsp3) is 0.667. The zero-order chi connectivity index (χ0) is 11.4. The molecule has 0 bridgehead atoms. The maximum Gasteiger partial charge on any atom is 0.328 e. The fourth-order valence-electron chi connectivity index (χ4n) is 1.53. The van der Waals surface area contributed by atoms with Gasteiger partial charge in [-0.05, 0) is 0 Å². The number of nitrogens with two attached hydrogens (primary N) is 1. The van der Waals surface area contributed by atoms with E-state index in [1.54, 1.807) is 0 Å². The van der Waals surface area contributed by atoms with Crippen LogP contribution in [0.25, 0.3) is 0 Å². The molecule has 0 aliphatic carbocycles. The predicted octanol–water partition coefficient (Wildman–Crippen LogP) is -0.418. The maximum absolute atomic E-state index is 11.5. The Morgan fingerprint density at radius 2 is 2.38 bits per heavy atom. The molecule has 7 heteroatoms. The highest BCUT2D eigenvalue weighted by atomic mass is 16.6. The zero-order valence-corrected chi connectivity index (χ0v) is 8.83. The van der Waals surface area contributed by atoms with Crippen LogP contribution in [0.3, 0.4) is 0 Å². The van der Waals surface area contributed by atoms with Gasteiger partial charge in [-0.25, -0.2) is 9.67 Å². The smallest absolute Gasteiger partial charge is 0.328 e. The first-order valence-corrected chi connectivity index (χ1v) is 5.16. The van der Waals surface area contributed by atoms with E-state index in [0.29, 0.717) is 13.2 Å². The molecular weight excluding hydrogens is 212 g/mol. The third-order valence-electron chi connectivity index (χ3n) is 2.31. The number of hydrogen-bond acceptors (Lipinski definition) is 6. The summed E-state index contributed by atoms with van der Waals surface area (Å²) in [7, 11) is 0. The molecule has 1 saturated heterocycles. The van der Waals surface area contributed by atoms with Crippen molar-refractivity contribution in [3.05, 3.63) is 6.33 Å². The zero-order valence-electron chi connectivity index (χ0n) is 8.83. The Balaban J connectivity index is 1.79. The highest BCUT2D eigenvalue weighted by Gasteiger charge is 2.18. The Bertz CT molecular complexity index is 359. The Morgan fingerprint density at radius 1 is 1.62 bits per heavy atom. The first kappa shape index (κ1) is 10.9. The van der Waals surface area contributed by atoms with Gasteiger partial charge in [-0.15, -0.1) is 5.10 Å². The normalized spacial score (nSPS) is 17.2. The molecule has 88 valence electrons. The molecule has 2 heterocycles. The number of rotatable bonds is 3. The third kappa shape index (κ3) is 2.93. The van der Waals surface area contributed by atoms with Crippen LogP contribution in [-0.4, -0.2) is 40.1 Å². The maximum atomic E-state index is 11.5. The number of hydrogen-bond donors (Lipinski definition) is 1. The van der Waals surface area contributed by atoms with Crippen LogP contribution in [0.4, 0.5) is 5.95 Å². The Labute approximate surface area is 92.5 Å². The molecule has 0 spiro atoms. The molecule has 0 atom stereocenters. The Morgan fingerprint density at radius 3 is 3.00 bits per heavy atom. The van der Waals surface area contributed by atoms with Crippen molar-refractivity contribution in [3.63, 3.8) is 0 Å². The second-order valence-electron chi connectivity index (χ2n) is 3.60. The van der Waals surface area contributed by atoms with Gasteiger partial charge in [-0.1, -0.05) is 0 Å². The second kappa shape index (κ2) is 4.93. The summed E-state index contributed by atoms with van der Waals surface area (Å²) in [5.74, 6) is -0.171. The van der Waals surface area contributed by atoms with E-state index in [4.69, 9.17) is 15.2 Å². The topological polar surface area (TPSA) is 92.3 Å². The minimum Gasteiger partial charge on any atom is -0.461 e. The number of carbonyl (C=O) groups excluding carboxylic acids is 1. The number of nitrogen functional groups attached to an aromatic ring is 1. The first-order chi connectivity index (χ1) is 7.74. The van der Waals surface area contributed by atoms with Crippen molar-refractivity contribution in [2.24, 2.45) is 0 Å². The largest absolute Gasteiger partial charge is 0.461 e. The van der Waals surface area contributed by atoms with Gasteiger partial charge in [0.2, 0.25) is 5.95 Å². The summed E-state index contributed by atoms with van der Waals surface area (Å²) in [5, 5.41) is 3.80. The summed E-state index contributed by atoms with van der Waals surface area (Å²) in [4.78, 5) is 15.2. The molecule has 1 fully saturated rings. The van der Waals surface area contributed by atoms with E-state index in [1.807, 2.05) is 0 Å². The Kier molecular flexibility index (Phi) is 3.35. The quantitative estimate of drug-likeness (QED) is 0.704. The van der Waals surface area contributed by atoms with Gasteiger partial charge >= 0.3 is 5.97 Å². The van der Waals surface area contributed by atoms with Crippen LogP contribution in [0.2, 0.25) is 0 Å². The molecule has 0 amide bonds. The molecule has 1 aliphatic rings. The molecule has 0 radical (unpaired) electrons. The molecule has 16 heavy (non-hydrogen) atoms. The van der Waals surface area contributed by atoms with Gasteiger partial charge in [0.15, 0.2) is 0 Å². The summed E-state index contributed by atoms with van der Waals surface area (Å²) in [5.41, 5.74) is 5.33. The Hall–Kier alpha value is -1.63. The molecule has 2 rings (SSSR count). The van der Waals surface area contributed by atoms with Crippen molar-refractivity contribution in [2.75, 3.05) is 18.9 Å². The number of aromatic nitrogens is 3. The predicted molar refractivity (Wildman–Crippen MR) is 54.4 cm³/mol. The number of esters is 1. The average molecular weight is 226 g/mol. The minimum atomic E-state index is -0.322. The van der Waals surface area contributed by atoms with Crippen molar-refractivity contribution in [3.8, 4) is 0 Å². The second-order valence-corrected chi connectivity index (χ2v) is 3.60. The molecule has 0 unspecified atom stereocenters.